The van der Waals surface area contributed by atoms with E-state index in [1.165, 1.54) is 6.92 Å². The summed E-state index contributed by atoms with van der Waals surface area (Å²) in [7, 11) is 0. The largest absolute Gasteiger partial charge is 0.268 e. The molecule has 72 valence electrons. The third-order valence-corrected chi connectivity index (χ3v) is 2.18. The predicted octanol–water partition coefficient (Wildman–Crippen LogP) is 3.36. The van der Waals surface area contributed by atoms with Gasteiger partial charge in [0.05, 0.1) is 11.3 Å². The molecule has 0 unspecified atom stereocenters. The van der Waals surface area contributed by atoms with Crippen LogP contribution in [0.2, 0.25) is 0 Å². The van der Waals surface area contributed by atoms with Gasteiger partial charge in [-0.3, -0.25) is 4.98 Å². The summed E-state index contributed by atoms with van der Waals surface area (Å²) in [5.74, 6) is -0.892. The van der Waals surface area contributed by atoms with Gasteiger partial charge < -0.3 is 0 Å². The monoisotopic (exact) mass is 253 g/mol. The fourth-order valence-electron chi connectivity index (χ4n) is 1.04. The van der Waals surface area contributed by atoms with E-state index in [1.807, 2.05) is 0 Å². The van der Waals surface area contributed by atoms with Crippen molar-refractivity contribution in [2.75, 3.05) is 0 Å². The number of hydrogen-bond acceptors (Lipinski definition) is 1. The molecule has 1 aromatic heterocycles. The second kappa shape index (κ2) is 4.09. The Balaban J connectivity index is 3.23. The van der Waals surface area contributed by atoms with Gasteiger partial charge in [0.2, 0.25) is 0 Å². The number of hydrogen-bond donors (Lipinski definition) is 0. The van der Waals surface area contributed by atoms with Crippen molar-refractivity contribution in [1.29, 1.82) is 0 Å². The fourth-order valence-corrected chi connectivity index (χ4v) is 1.32. The lowest BCUT2D eigenvalue weighted by Gasteiger charge is -2.06. The molecule has 0 amide bonds. The minimum atomic E-state index is -2.81. The van der Waals surface area contributed by atoms with E-state index in [0.717, 1.165) is 6.07 Å². The summed E-state index contributed by atoms with van der Waals surface area (Å²) in [6.07, 6.45) is -2.81. The Morgan fingerprint density at radius 2 is 2.15 bits per heavy atom. The maximum absolute atomic E-state index is 13.0. The van der Waals surface area contributed by atoms with Gasteiger partial charge in [0, 0.05) is 11.0 Å². The quantitative estimate of drug-likeness (QED) is 0.737. The van der Waals surface area contributed by atoms with E-state index in [1.54, 1.807) is 0 Å². The second-order valence-electron chi connectivity index (χ2n) is 2.53. The van der Waals surface area contributed by atoms with Gasteiger partial charge in [0.1, 0.15) is 5.82 Å². The summed E-state index contributed by atoms with van der Waals surface area (Å²) in [6, 6.07) is 1.02. The number of nitrogens with zero attached hydrogens (tertiary/aromatic N) is 1. The van der Waals surface area contributed by atoms with Gasteiger partial charge in [-0.2, -0.15) is 0 Å². The second-order valence-corrected chi connectivity index (χ2v) is 3.09. The molecule has 0 saturated heterocycles. The van der Waals surface area contributed by atoms with Crippen LogP contribution in [0.15, 0.2) is 6.07 Å². The molecule has 0 bridgehead atoms. The summed E-state index contributed by atoms with van der Waals surface area (Å²) < 4.78 is 37.5. The van der Waals surface area contributed by atoms with Crippen LogP contribution in [0.25, 0.3) is 0 Å². The lowest BCUT2D eigenvalue weighted by atomic mass is 10.2. The Hall–Kier alpha value is -0.580. The first kappa shape index (κ1) is 10.5. The molecule has 5 heteroatoms. The molecule has 13 heavy (non-hydrogen) atoms. The Morgan fingerprint density at radius 3 is 2.54 bits per heavy atom. The van der Waals surface area contributed by atoms with Gasteiger partial charge in [-0.1, -0.05) is 15.9 Å². The standard InChI is InChI=1S/C8H7BrF3N/c1-4-7(8(11)12)6(10)2-5(3-9)13-4/h2,8H,3H2,1H3. The van der Waals surface area contributed by atoms with Gasteiger partial charge in [-0.05, 0) is 13.0 Å². The molecular weight excluding hydrogens is 247 g/mol. The minimum absolute atomic E-state index is 0.0458. The third kappa shape index (κ3) is 2.21. The Bertz CT molecular complexity index is 291. The van der Waals surface area contributed by atoms with Gasteiger partial charge in [0.25, 0.3) is 6.43 Å². The highest BCUT2D eigenvalue weighted by Crippen LogP contribution is 2.25. The highest BCUT2D eigenvalue weighted by atomic mass is 79.9. The van der Waals surface area contributed by atoms with E-state index in [0.29, 0.717) is 11.0 Å². The van der Waals surface area contributed by atoms with Gasteiger partial charge in [-0.25, -0.2) is 13.2 Å². The van der Waals surface area contributed by atoms with Crippen molar-refractivity contribution in [3.8, 4) is 0 Å². The van der Waals surface area contributed by atoms with Crippen molar-refractivity contribution in [2.45, 2.75) is 18.7 Å². The third-order valence-electron chi connectivity index (χ3n) is 1.61. The summed E-state index contributed by atoms with van der Waals surface area (Å²) in [5.41, 5.74) is -0.145. The normalized spacial score (nSPS) is 10.9. The van der Waals surface area contributed by atoms with Crippen LogP contribution in [0, 0.1) is 12.7 Å². The number of aryl methyl sites for hydroxylation is 1. The molecular formula is C8H7BrF3N. The molecule has 0 atom stereocenters. The number of halogens is 4. The van der Waals surface area contributed by atoms with Crippen LogP contribution in [0.1, 0.15) is 23.4 Å². The Morgan fingerprint density at radius 1 is 1.54 bits per heavy atom. The molecule has 0 saturated carbocycles. The van der Waals surface area contributed by atoms with E-state index >= 15 is 0 Å². The summed E-state index contributed by atoms with van der Waals surface area (Å²) in [5, 5.41) is 0.355. The molecule has 0 aromatic carbocycles. The summed E-state index contributed by atoms with van der Waals surface area (Å²) in [4.78, 5) is 3.81. The number of aromatic nitrogens is 1. The molecule has 0 fully saturated rings. The first-order valence-corrected chi connectivity index (χ1v) is 4.68. The zero-order chi connectivity index (χ0) is 10.0. The SMILES string of the molecule is Cc1nc(CBr)cc(F)c1C(F)F. The van der Waals surface area contributed by atoms with Crippen LogP contribution in [-0.4, -0.2) is 4.98 Å². The molecule has 1 heterocycles. The Labute approximate surface area is 82.1 Å². The van der Waals surface area contributed by atoms with Crippen LogP contribution in [0.4, 0.5) is 13.2 Å². The maximum Gasteiger partial charge on any atom is 0.268 e. The first-order chi connectivity index (χ1) is 6.06. The number of alkyl halides is 3. The predicted molar refractivity (Wildman–Crippen MR) is 46.5 cm³/mol. The van der Waals surface area contributed by atoms with Gasteiger partial charge in [0.15, 0.2) is 0 Å². The van der Waals surface area contributed by atoms with Crippen LogP contribution in [-0.2, 0) is 5.33 Å². The van der Waals surface area contributed by atoms with Crippen molar-refractivity contribution in [1.82, 2.24) is 4.98 Å². The molecule has 0 radical (unpaired) electrons. The first-order valence-electron chi connectivity index (χ1n) is 3.56. The number of rotatable bonds is 2. The molecule has 0 aliphatic rings. The molecule has 0 N–H and O–H groups in total. The van der Waals surface area contributed by atoms with E-state index < -0.39 is 17.8 Å². The molecule has 1 rings (SSSR count). The zero-order valence-electron chi connectivity index (χ0n) is 6.82. The highest BCUT2D eigenvalue weighted by molar-refractivity contribution is 9.08. The van der Waals surface area contributed by atoms with Crippen molar-refractivity contribution < 1.29 is 13.2 Å². The summed E-state index contributed by atoms with van der Waals surface area (Å²) >= 11 is 3.07. The van der Waals surface area contributed by atoms with Crippen molar-refractivity contribution in [3.05, 3.63) is 28.8 Å². The van der Waals surface area contributed by atoms with Crippen LogP contribution < -0.4 is 0 Å². The van der Waals surface area contributed by atoms with E-state index in [9.17, 15) is 13.2 Å². The topological polar surface area (TPSA) is 12.9 Å². The molecule has 1 nitrogen and oxygen atoms in total. The minimum Gasteiger partial charge on any atom is -0.257 e. The van der Waals surface area contributed by atoms with Crippen molar-refractivity contribution in [2.24, 2.45) is 0 Å². The molecule has 0 aliphatic heterocycles. The van der Waals surface area contributed by atoms with Gasteiger partial charge in [-0.15, -0.1) is 0 Å². The molecule has 0 aliphatic carbocycles. The smallest absolute Gasteiger partial charge is 0.257 e. The van der Waals surface area contributed by atoms with Crippen LogP contribution in [0.5, 0.6) is 0 Å². The fraction of sp³-hybridized carbons (Fsp3) is 0.375. The molecule has 0 spiro atoms. The average molecular weight is 254 g/mol. The maximum atomic E-state index is 13.0. The highest BCUT2D eigenvalue weighted by Gasteiger charge is 2.17. The lowest BCUT2D eigenvalue weighted by Crippen LogP contribution is -2.00. The Kier molecular flexibility index (Phi) is 3.30. The van der Waals surface area contributed by atoms with Crippen molar-refractivity contribution in [3.63, 3.8) is 0 Å². The van der Waals surface area contributed by atoms with Crippen LogP contribution in [0.3, 0.4) is 0 Å². The van der Waals surface area contributed by atoms with Crippen molar-refractivity contribution >= 4 is 15.9 Å². The van der Waals surface area contributed by atoms with Crippen LogP contribution >= 0.6 is 15.9 Å². The van der Waals surface area contributed by atoms with E-state index in [-0.39, 0.29) is 5.69 Å². The van der Waals surface area contributed by atoms with Gasteiger partial charge >= 0.3 is 0 Å². The average Bonchev–Trinajstić information content (AvgIpc) is 2.02. The van der Waals surface area contributed by atoms with E-state index in [4.69, 9.17) is 0 Å². The van der Waals surface area contributed by atoms with E-state index in [2.05, 4.69) is 20.9 Å². The lowest BCUT2D eigenvalue weighted by molar-refractivity contribution is 0.145. The number of pyridine rings is 1. The summed E-state index contributed by atoms with van der Waals surface area (Å²) in [6.45, 7) is 1.37. The molecule has 1 aromatic rings. The zero-order valence-corrected chi connectivity index (χ0v) is 8.41.